The van der Waals surface area contributed by atoms with Gasteiger partial charge in [-0.1, -0.05) is 51.4 Å². The number of carbonyl (C=O) groups excluding carboxylic acids is 1. The zero-order valence-electron chi connectivity index (χ0n) is 20.5. The average Bonchev–Trinajstić information content (AvgIpc) is 3.56. The number of anilines is 1. The van der Waals surface area contributed by atoms with Crippen LogP contribution in [-0.4, -0.2) is 49.1 Å². The first kappa shape index (κ1) is 23.0. The Morgan fingerprint density at radius 2 is 1.70 bits per heavy atom. The highest BCUT2D eigenvalue weighted by molar-refractivity contribution is 9.10. The van der Waals surface area contributed by atoms with Crippen molar-refractivity contribution < 1.29 is 9.63 Å². The fourth-order valence-electron chi connectivity index (χ4n) is 4.84. The first-order valence-electron chi connectivity index (χ1n) is 11.5. The number of rotatable bonds is 4. The van der Waals surface area contributed by atoms with E-state index in [1.807, 2.05) is 88.4 Å². The van der Waals surface area contributed by atoms with Crippen LogP contribution in [0.15, 0.2) is 75.2 Å². The van der Waals surface area contributed by atoms with Gasteiger partial charge in [0.25, 0.3) is 11.5 Å². The lowest BCUT2D eigenvalue weighted by Gasteiger charge is -2.08. The molecule has 11 heteroatoms. The van der Waals surface area contributed by atoms with Gasteiger partial charge in [-0.25, -0.2) is 9.67 Å². The summed E-state index contributed by atoms with van der Waals surface area (Å²) in [6, 6.07) is 17.3. The smallest absolute Gasteiger partial charge is 0.296 e. The first-order chi connectivity index (χ1) is 17.8. The van der Waals surface area contributed by atoms with Crippen LogP contribution in [0.4, 0.5) is 5.82 Å². The van der Waals surface area contributed by atoms with Crippen molar-refractivity contribution in [3.63, 3.8) is 0 Å². The van der Waals surface area contributed by atoms with Crippen molar-refractivity contribution in [1.29, 1.82) is 0 Å². The number of halogens is 1. The van der Waals surface area contributed by atoms with E-state index in [9.17, 15) is 9.59 Å². The lowest BCUT2D eigenvalue weighted by Crippen LogP contribution is -2.27. The molecule has 2 aromatic carbocycles. The molecular formula is C26H22BrN7O3. The highest BCUT2D eigenvalue weighted by atomic mass is 79.9. The highest BCUT2D eigenvalue weighted by Gasteiger charge is 2.39. The number of para-hydroxylation sites is 1. The van der Waals surface area contributed by atoms with Crippen LogP contribution >= 0.6 is 15.9 Å². The van der Waals surface area contributed by atoms with E-state index in [2.05, 4.69) is 21.1 Å². The van der Waals surface area contributed by atoms with Crippen LogP contribution in [0.5, 0.6) is 0 Å². The van der Waals surface area contributed by atoms with Gasteiger partial charge in [-0.05, 0) is 31.2 Å². The van der Waals surface area contributed by atoms with Crippen molar-refractivity contribution in [2.24, 2.45) is 12.2 Å². The lowest BCUT2D eigenvalue weighted by molar-refractivity contribution is -0.112. The molecule has 0 unspecified atom stereocenters. The second-order valence-corrected chi connectivity index (χ2v) is 9.62. The zero-order valence-corrected chi connectivity index (χ0v) is 22.1. The molecule has 1 aliphatic rings. The summed E-state index contributed by atoms with van der Waals surface area (Å²) in [5.74, 6) is 0.732. The van der Waals surface area contributed by atoms with Crippen LogP contribution in [0.2, 0.25) is 0 Å². The summed E-state index contributed by atoms with van der Waals surface area (Å²) >= 11 is 3.50. The van der Waals surface area contributed by atoms with Gasteiger partial charge < -0.3 is 4.84 Å². The summed E-state index contributed by atoms with van der Waals surface area (Å²) in [6.45, 7) is 1.90. The molecule has 3 aromatic heterocycles. The van der Waals surface area contributed by atoms with E-state index in [0.29, 0.717) is 23.0 Å². The molecule has 37 heavy (non-hydrogen) atoms. The van der Waals surface area contributed by atoms with Crippen LogP contribution < -0.4 is 10.5 Å². The van der Waals surface area contributed by atoms with Crippen molar-refractivity contribution in [2.45, 2.75) is 6.92 Å². The van der Waals surface area contributed by atoms with Crippen LogP contribution in [0.3, 0.4) is 0 Å². The summed E-state index contributed by atoms with van der Waals surface area (Å²) in [5.41, 5.74) is 3.93. The Labute approximate surface area is 219 Å². The van der Waals surface area contributed by atoms with E-state index in [1.54, 1.807) is 11.7 Å². The number of carbonyl (C=O) groups is 1. The molecule has 1 aliphatic heterocycles. The maximum atomic E-state index is 14.0. The highest BCUT2D eigenvalue weighted by Crippen LogP contribution is 2.35. The first-order valence-corrected chi connectivity index (χ1v) is 12.3. The van der Waals surface area contributed by atoms with Crippen molar-refractivity contribution in [3.8, 4) is 22.6 Å². The molecule has 6 rings (SSSR count). The van der Waals surface area contributed by atoms with E-state index < -0.39 is 0 Å². The molecule has 0 fully saturated rings. The van der Waals surface area contributed by atoms with Crippen LogP contribution in [-0.2, 0) is 16.7 Å². The summed E-state index contributed by atoms with van der Waals surface area (Å²) in [7, 11) is 4.91. The second-order valence-electron chi connectivity index (χ2n) is 8.71. The summed E-state index contributed by atoms with van der Waals surface area (Å²) in [6.07, 6.45) is 1.89. The number of aromatic nitrogens is 5. The quantitative estimate of drug-likeness (QED) is 0.314. The Hall–Kier alpha value is -4.38. The van der Waals surface area contributed by atoms with Crippen LogP contribution in [0.25, 0.3) is 28.4 Å². The third-order valence-electron chi connectivity index (χ3n) is 6.68. The van der Waals surface area contributed by atoms with Gasteiger partial charge in [0.2, 0.25) is 5.78 Å². The maximum Gasteiger partial charge on any atom is 0.296 e. The third-order valence-corrected chi connectivity index (χ3v) is 7.21. The Morgan fingerprint density at radius 3 is 2.38 bits per heavy atom. The molecule has 0 saturated carbocycles. The fraction of sp³-hybridized carbons (Fsp3) is 0.154. The van der Waals surface area contributed by atoms with Gasteiger partial charge in [-0.3, -0.25) is 28.1 Å². The number of benzene rings is 2. The van der Waals surface area contributed by atoms with E-state index in [-0.39, 0.29) is 17.2 Å². The average molecular weight is 560 g/mol. The predicted octanol–water partition coefficient (Wildman–Crippen LogP) is 3.68. The van der Waals surface area contributed by atoms with Gasteiger partial charge in [-0.2, -0.15) is 0 Å². The number of imidazole rings is 2. The van der Waals surface area contributed by atoms with Crippen LogP contribution in [0, 0.1) is 6.92 Å². The van der Waals surface area contributed by atoms with E-state index >= 15 is 0 Å². The minimum atomic E-state index is -0.311. The number of oxime groups is 1. The summed E-state index contributed by atoms with van der Waals surface area (Å²) < 4.78 is 8.08. The fourth-order valence-corrected chi connectivity index (χ4v) is 5.11. The van der Waals surface area contributed by atoms with Gasteiger partial charge in [0.1, 0.15) is 18.5 Å². The minimum absolute atomic E-state index is 0.118. The topological polar surface area (TPSA) is 91.1 Å². The Morgan fingerprint density at radius 1 is 1.00 bits per heavy atom. The molecule has 10 nitrogen and oxygen atoms in total. The maximum absolute atomic E-state index is 14.0. The second kappa shape index (κ2) is 8.34. The van der Waals surface area contributed by atoms with E-state index in [1.165, 1.54) is 12.0 Å². The molecule has 5 aromatic rings. The molecule has 0 N–H and O–H groups in total. The Kier molecular flexibility index (Phi) is 5.19. The largest absolute Gasteiger partial charge is 0.398 e. The Bertz CT molecular complexity index is 1790. The van der Waals surface area contributed by atoms with Gasteiger partial charge in [0.05, 0.1) is 17.1 Å². The molecule has 0 saturated heterocycles. The third kappa shape index (κ3) is 3.23. The zero-order chi connectivity index (χ0) is 26.0. The normalized spacial score (nSPS) is 14.2. The number of fused-ring (bicyclic) bond motifs is 3. The van der Waals surface area contributed by atoms with E-state index in [4.69, 9.17) is 9.82 Å². The van der Waals surface area contributed by atoms with Gasteiger partial charge >= 0.3 is 0 Å². The van der Waals surface area contributed by atoms with Gasteiger partial charge in [-0.15, -0.1) is 0 Å². The SMILES string of the molecule is CON=C1C(=O)N(C)c2c1nc1n(-c3c(C)n(C)n(-c4ccccc4)c3=O)c(-c3ccc(Br)cc3)cn21. The van der Waals surface area contributed by atoms with E-state index in [0.717, 1.165) is 27.1 Å². The monoisotopic (exact) mass is 559 g/mol. The van der Waals surface area contributed by atoms with Crippen molar-refractivity contribution in [3.05, 3.63) is 87.0 Å². The molecule has 0 aliphatic carbocycles. The number of likely N-dealkylation sites (N-methyl/N-ethyl adjacent to an activating group) is 1. The number of hydrogen-bond donors (Lipinski definition) is 0. The Balaban J connectivity index is 1.71. The number of amides is 1. The van der Waals surface area contributed by atoms with Crippen molar-refractivity contribution in [1.82, 2.24) is 23.3 Å². The molecular weight excluding hydrogens is 538 g/mol. The predicted molar refractivity (Wildman–Crippen MR) is 144 cm³/mol. The summed E-state index contributed by atoms with van der Waals surface area (Å²) in [4.78, 5) is 38.1. The minimum Gasteiger partial charge on any atom is -0.398 e. The van der Waals surface area contributed by atoms with Crippen molar-refractivity contribution in [2.75, 3.05) is 19.1 Å². The molecule has 0 spiro atoms. The standard InChI is InChI=1S/C26H22BrN7O3/c1-15-22(25(36)34(31(15)3)18-8-6-5-7-9-18)33-19(16-10-12-17(27)13-11-16)14-32-23-20(28-26(32)33)21(29-37-4)24(35)30(23)2/h5-14H,1-4H3. The van der Waals surface area contributed by atoms with Gasteiger partial charge in [0.15, 0.2) is 11.5 Å². The summed E-state index contributed by atoms with van der Waals surface area (Å²) in [5, 5.41) is 3.92. The molecule has 1 amide bonds. The number of hydrogen-bond acceptors (Lipinski definition) is 5. The molecule has 0 bridgehead atoms. The molecule has 0 atom stereocenters. The molecule has 4 heterocycles. The van der Waals surface area contributed by atoms with Crippen molar-refractivity contribution >= 4 is 39.1 Å². The van der Waals surface area contributed by atoms with Crippen LogP contribution in [0.1, 0.15) is 11.4 Å². The van der Waals surface area contributed by atoms with Gasteiger partial charge in [0, 0.05) is 30.3 Å². The molecule has 186 valence electrons. The number of nitrogens with zero attached hydrogens (tertiary/aromatic N) is 7. The molecule has 0 radical (unpaired) electrons. The lowest BCUT2D eigenvalue weighted by atomic mass is 10.1.